The summed E-state index contributed by atoms with van der Waals surface area (Å²) in [7, 11) is 0. The van der Waals surface area contributed by atoms with Gasteiger partial charge in [-0.25, -0.2) is 4.98 Å². The van der Waals surface area contributed by atoms with Gasteiger partial charge in [0.25, 0.3) is 0 Å². The lowest BCUT2D eigenvalue weighted by Crippen LogP contribution is -2.38. The van der Waals surface area contributed by atoms with Crippen molar-refractivity contribution in [3.63, 3.8) is 0 Å². The van der Waals surface area contributed by atoms with Gasteiger partial charge in [-0.15, -0.1) is 0 Å². The molecule has 0 aliphatic heterocycles. The fourth-order valence-corrected chi connectivity index (χ4v) is 3.17. The Bertz CT molecular complexity index is 639. The highest BCUT2D eigenvalue weighted by atomic mass is 32.2. The Morgan fingerprint density at radius 2 is 2.04 bits per heavy atom. The summed E-state index contributed by atoms with van der Waals surface area (Å²) in [6.07, 6.45) is 9.31. The Morgan fingerprint density at radius 3 is 2.81 bits per heavy atom. The van der Waals surface area contributed by atoms with Crippen molar-refractivity contribution < 1.29 is 0 Å². The number of aromatic nitrogens is 2. The van der Waals surface area contributed by atoms with Gasteiger partial charge in [-0.05, 0) is 37.3 Å². The van der Waals surface area contributed by atoms with E-state index in [-0.39, 0.29) is 0 Å². The summed E-state index contributed by atoms with van der Waals surface area (Å²) >= 11 is 1.90. The topological polar surface area (TPSA) is 54.2 Å². The third-order valence-electron chi connectivity index (χ3n) is 4.01. The zero-order valence-corrected chi connectivity index (χ0v) is 16.8. The molecule has 0 aliphatic rings. The maximum Gasteiger partial charge on any atom is 0.191 e. The molecule has 1 aromatic heterocycles. The highest BCUT2D eigenvalue weighted by molar-refractivity contribution is 7.98. The van der Waals surface area contributed by atoms with Crippen LogP contribution in [0.5, 0.6) is 0 Å². The van der Waals surface area contributed by atoms with Crippen molar-refractivity contribution >= 4 is 17.7 Å². The maximum absolute atomic E-state index is 4.65. The number of hydrogen-bond donors (Lipinski definition) is 2. The van der Waals surface area contributed by atoms with Crippen LogP contribution in [0.2, 0.25) is 0 Å². The molecule has 0 bridgehead atoms. The normalized spacial score (nSPS) is 11.5. The molecule has 2 aromatic rings. The Hall–Kier alpha value is -1.95. The third-order valence-corrected chi connectivity index (χ3v) is 4.71. The van der Waals surface area contributed by atoms with Crippen LogP contribution in [0.4, 0.5) is 0 Å². The van der Waals surface area contributed by atoms with Crippen LogP contribution in [0.3, 0.4) is 0 Å². The molecular formula is C20H31N5S. The highest BCUT2D eigenvalue weighted by Crippen LogP contribution is 2.06. The molecule has 26 heavy (non-hydrogen) atoms. The summed E-state index contributed by atoms with van der Waals surface area (Å²) in [4.78, 5) is 9.16. The molecule has 1 heterocycles. The van der Waals surface area contributed by atoms with E-state index in [4.69, 9.17) is 0 Å². The van der Waals surface area contributed by atoms with Crippen LogP contribution in [0.15, 0.2) is 47.7 Å². The second-order valence-electron chi connectivity index (χ2n) is 6.09. The fraction of sp³-hybridized carbons (Fsp3) is 0.500. The second kappa shape index (κ2) is 12.4. The van der Waals surface area contributed by atoms with Crippen LogP contribution in [-0.2, 0) is 13.0 Å². The van der Waals surface area contributed by atoms with E-state index in [1.165, 1.54) is 17.7 Å². The van der Waals surface area contributed by atoms with Crippen LogP contribution in [0.1, 0.15) is 31.2 Å². The number of aliphatic imine (C=N–C) groups is 1. The molecule has 0 saturated heterocycles. The van der Waals surface area contributed by atoms with Crippen LogP contribution in [0.25, 0.3) is 0 Å². The van der Waals surface area contributed by atoms with E-state index in [1.807, 2.05) is 30.2 Å². The van der Waals surface area contributed by atoms with Crippen molar-refractivity contribution in [3.8, 4) is 0 Å². The molecule has 0 amide bonds. The Kier molecular flexibility index (Phi) is 9.72. The summed E-state index contributed by atoms with van der Waals surface area (Å²) in [5, 5.41) is 6.74. The predicted octanol–water partition coefficient (Wildman–Crippen LogP) is 3.17. The minimum Gasteiger partial charge on any atom is -0.357 e. The van der Waals surface area contributed by atoms with Gasteiger partial charge in [0.1, 0.15) is 5.82 Å². The average Bonchev–Trinajstić information content (AvgIpc) is 3.09. The fourth-order valence-electron chi connectivity index (χ4n) is 2.68. The van der Waals surface area contributed by atoms with Crippen LogP contribution in [0, 0.1) is 0 Å². The van der Waals surface area contributed by atoms with Crippen LogP contribution < -0.4 is 10.6 Å². The maximum atomic E-state index is 4.65. The summed E-state index contributed by atoms with van der Waals surface area (Å²) < 4.78 is 2.21. The zero-order chi connectivity index (χ0) is 18.5. The molecule has 0 saturated carbocycles. The number of thioether (sulfide) groups is 1. The van der Waals surface area contributed by atoms with Crippen LogP contribution >= 0.6 is 11.8 Å². The molecule has 0 fully saturated rings. The molecule has 6 heteroatoms. The second-order valence-corrected chi connectivity index (χ2v) is 7.08. The summed E-state index contributed by atoms with van der Waals surface area (Å²) in [5.41, 5.74) is 1.29. The molecule has 0 unspecified atom stereocenters. The lowest BCUT2D eigenvalue weighted by atomic mass is 10.2. The smallest absolute Gasteiger partial charge is 0.191 e. The van der Waals surface area contributed by atoms with Gasteiger partial charge in [0.2, 0.25) is 0 Å². The molecule has 1 aromatic carbocycles. The minimum atomic E-state index is 0.822. The van der Waals surface area contributed by atoms with E-state index in [9.17, 15) is 0 Å². The lowest BCUT2D eigenvalue weighted by molar-refractivity contribution is 0.693. The molecule has 0 atom stereocenters. The lowest BCUT2D eigenvalue weighted by Gasteiger charge is -2.12. The molecule has 2 rings (SSSR count). The Morgan fingerprint density at radius 1 is 1.19 bits per heavy atom. The standard InChI is InChI=1S/C20H31N5S/c1-3-21-20(23-12-7-8-16-26-2)24-13-11-19-22-14-15-25(19)17-18-9-5-4-6-10-18/h4-6,9-10,14-15H,3,7-8,11-13,16-17H2,1-2H3,(H2,21,23,24). The molecule has 0 spiro atoms. The number of rotatable bonds is 11. The first-order valence-electron chi connectivity index (χ1n) is 9.38. The first-order valence-corrected chi connectivity index (χ1v) is 10.8. The number of guanidine groups is 1. The zero-order valence-electron chi connectivity index (χ0n) is 15.9. The van der Waals surface area contributed by atoms with Gasteiger partial charge in [-0.2, -0.15) is 11.8 Å². The molecule has 0 radical (unpaired) electrons. The number of nitrogens with one attached hydrogen (secondary N) is 2. The van der Waals surface area contributed by atoms with E-state index in [1.54, 1.807) is 0 Å². The monoisotopic (exact) mass is 373 g/mol. The minimum absolute atomic E-state index is 0.822. The van der Waals surface area contributed by atoms with Crippen molar-refractivity contribution in [2.45, 2.75) is 32.7 Å². The van der Waals surface area contributed by atoms with E-state index in [0.717, 1.165) is 50.8 Å². The SMILES string of the molecule is CCNC(=NCCCCSC)NCCc1nccn1Cc1ccccc1. The number of benzene rings is 1. The van der Waals surface area contributed by atoms with Gasteiger partial charge in [-0.1, -0.05) is 30.3 Å². The summed E-state index contributed by atoms with van der Waals surface area (Å²) in [6.45, 7) is 5.53. The number of imidazole rings is 1. The number of nitrogens with zero attached hydrogens (tertiary/aromatic N) is 3. The van der Waals surface area contributed by atoms with E-state index in [0.29, 0.717) is 0 Å². The van der Waals surface area contributed by atoms with Gasteiger partial charge in [0.05, 0.1) is 0 Å². The van der Waals surface area contributed by atoms with E-state index in [2.05, 4.69) is 62.6 Å². The van der Waals surface area contributed by atoms with Crippen LogP contribution in [-0.4, -0.2) is 47.2 Å². The van der Waals surface area contributed by atoms with Crippen molar-refractivity contribution in [2.24, 2.45) is 4.99 Å². The van der Waals surface area contributed by atoms with E-state index >= 15 is 0 Å². The predicted molar refractivity (Wildman–Crippen MR) is 113 cm³/mol. The van der Waals surface area contributed by atoms with Gasteiger partial charge >= 0.3 is 0 Å². The quantitative estimate of drug-likeness (QED) is 0.361. The molecular weight excluding hydrogens is 342 g/mol. The number of unbranched alkanes of at least 4 members (excludes halogenated alkanes) is 1. The van der Waals surface area contributed by atoms with Crippen molar-refractivity contribution in [1.82, 2.24) is 20.2 Å². The molecule has 5 nitrogen and oxygen atoms in total. The summed E-state index contributed by atoms with van der Waals surface area (Å²) in [5.74, 6) is 3.21. The average molecular weight is 374 g/mol. The van der Waals surface area contributed by atoms with Gasteiger partial charge in [0, 0.05) is 45.0 Å². The Balaban J connectivity index is 1.80. The Labute approximate surface area is 161 Å². The van der Waals surface area contributed by atoms with Gasteiger partial charge in [0.15, 0.2) is 5.96 Å². The van der Waals surface area contributed by atoms with Gasteiger partial charge < -0.3 is 15.2 Å². The first-order chi connectivity index (χ1) is 12.8. The first kappa shape index (κ1) is 20.4. The highest BCUT2D eigenvalue weighted by Gasteiger charge is 2.04. The third kappa shape index (κ3) is 7.52. The largest absolute Gasteiger partial charge is 0.357 e. The van der Waals surface area contributed by atoms with Crippen molar-refractivity contribution in [3.05, 3.63) is 54.1 Å². The van der Waals surface area contributed by atoms with E-state index < -0.39 is 0 Å². The van der Waals surface area contributed by atoms with Crippen molar-refractivity contribution in [1.29, 1.82) is 0 Å². The number of hydrogen-bond acceptors (Lipinski definition) is 3. The molecule has 142 valence electrons. The van der Waals surface area contributed by atoms with Gasteiger partial charge in [-0.3, -0.25) is 4.99 Å². The molecule has 2 N–H and O–H groups in total. The molecule has 0 aliphatic carbocycles. The van der Waals surface area contributed by atoms with Crippen molar-refractivity contribution in [2.75, 3.05) is 31.6 Å². The summed E-state index contributed by atoms with van der Waals surface area (Å²) in [6, 6.07) is 10.5.